The number of rotatable bonds is 0. The van der Waals surface area contributed by atoms with Gasteiger partial charge >= 0.3 is 0 Å². The first-order valence-corrected chi connectivity index (χ1v) is 3.24. The zero-order valence-electron chi connectivity index (χ0n) is 5.50. The Bertz CT molecular complexity index is 206. The second-order valence-electron chi connectivity index (χ2n) is 2.14. The van der Waals surface area contributed by atoms with Gasteiger partial charge < -0.3 is 10.1 Å². The van der Waals surface area contributed by atoms with Crippen LogP contribution < -0.4 is 5.32 Å². The zero-order valence-corrected chi connectivity index (χ0v) is 5.50. The van der Waals surface area contributed by atoms with Crippen LogP contribution in [0.3, 0.4) is 0 Å². The number of ether oxygens (including phenoxy) is 1. The predicted molar refractivity (Wildman–Crippen MR) is 38.6 cm³/mol. The van der Waals surface area contributed by atoms with Crippen LogP contribution in [0.5, 0.6) is 0 Å². The Labute approximate surface area is 59.1 Å². The van der Waals surface area contributed by atoms with E-state index in [1.54, 1.807) is 0 Å². The average molecular weight is 136 g/mol. The zero-order chi connectivity index (χ0) is 6.81. The van der Waals surface area contributed by atoms with Crippen LogP contribution in [-0.4, -0.2) is 19.5 Å². The lowest BCUT2D eigenvalue weighted by atomic mass is 10.2. The van der Waals surface area contributed by atoms with Gasteiger partial charge in [-0.15, -0.1) is 0 Å². The Morgan fingerprint density at radius 3 is 3.50 bits per heavy atom. The van der Waals surface area contributed by atoms with E-state index in [1.807, 2.05) is 18.4 Å². The first kappa shape index (κ1) is 5.53. The van der Waals surface area contributed by atoms with E-state index in [4.69, 9.17) is 4.74 Å². The maximum absolute atomic E-state index is 5.27. The molecule has 10 heavy (non-hydrogen) atoms. The van der Waals surface area contributed by atoms with Crippen molar-refractivity contribution in [3.8, 4) is 0 Å². The third-order valence-electron chi connectivity index (χ3n) is 1.44. The van der Waals surface area contributed by atoms with E-state index >= 15 is 0 Å². The Morgan fingerprint density at radius 2 is 2.60 bits per heavy atom. The van der Waals surface area contributed by atoms with Crippen LogP contribution in [0.2, 0.25) is 0 Å². The number of aliphatic imine (C=N–C) groups is 1. The minimum absolute atomic E-state index is 0.632. The molecule has 0 aromatic carbocycles. The molecule has 2 aliphatic heterocycles. The van der Waals surface area contributed by atoms with E-state index in [2.05, 4.69) is 10.3 Å². The normalized spacial score (nSPS) is 21.6. The Kier molecular flexibility index (Phi) is 1.20. The van der Waals surface area contributed by atoms with E-state index < -0.39 is 0 Å². The number of hydrogen-bond acceptors (Lipinski definition) is 3. The number of nitrogens with one attached hydrogen (secondary N) is 1. The molecule has 2 rings (SSSR count). The smallest absolute Gasteiger partial charge is 0.197 e. The first-order chi connectivity index (χ1) is 4.97. The van der Waals surface area contributed by atoms with Crippen LogP contribution in [0.25, 0.3) is 0 Å². The van der Waals surface area contributed by atoms with Gasteiger partial charge in [-0.05, 0) is 12.2 Å². The van der Waals surface area contributed by atoms with E-state index in [1.165, 1.54) is 0 Å². The van der Waals surface area contributed by atoms with Gasteiger partial charge in [0.05, 0.1) is 5.57 Å². The van der Waals surface area contributed by atoms with Gasteiger partial charge in [-0.3, -0.25) is 4.99 Å². The molecular weight excluding hydrogens is 128 g/mol. The highest BCUT2D eigenvalue weighted by Gasteiger charge is 2.09. The SMILES string of the molecule is C1=CC2=C(NCN=C2)OC1. The number of hydrogen-bond donors (Lipinski definition) is 1. The number of allylic oxidation sites excluding steroid dienone is 2. The van der Waals surface area contributed by atoms with Gasteiger partial charge in [0, 0.05) is 6.21 Å². The fourth-order valence-electron chi connectivity index (χ4n) is 0.982. The maximum atomic E-state index is 5.27. The van der Waals surface area contributed by atoms with Crippen LogP contribution in [0.1, 0.15) is 0 Å². The van der Waals surface area contributed by atoms with Crippen molar-refractivity contribution in [3.63, 3.8) is 0 Å². The van der Waals surface area contributed by atoms with Crippen LogP contribution in [0.4, 0.5) is 0 Å². The van der Waals surface area contributed by atoms with Gasteiger partial charge in [0.2, 0.25) is 0 Å². The molecule has 0 saturated carbocycles. The molecule has 52 valence electrons. The van der Waals surface area contributed by atoms with Crippen molar-refractivity contribution < 1.29 is 4.74 Å². The summed E-state index contributed by atoms with van der Waals surface area (Å²) in [6.07, 6.45) is 5.80. The Balaban J connectivity index is 2.32. The van der Waals surface area contributed by atoms with Gasteiger partial charge in [0.1, 0.15) is 13.3 Å². The minimum Gasteiger partial charge on any atom is -0.474 e. The lowest BCUT2D eigenvalue weighted by Crippen LogP contribution is -2.23. The first-order valence-electron chi connectivity index (χ1n) is 3.24. The van der Waals surface area contributed by atoms with E-state index in [0.717, 1.165) is 11.5 Å². The van der Waals surface area contributed by atoms with E-state index in [0.29, 0.717) is 13.3 Å². The van der Waals surface area contributed by atoms with Gasteiger partial charge in [-0.25, -0.2) is 0 Å². The Hall–Kier alpha value is -1.25. The summed E-state index contributed by atoms with van der Waals surface area (Å²) in [5.74, 6) is 0.859. The molecule has 3 heteroatoms. The highest BCUT2D eigenvalue weighted by molar-refractivity contribution is 5.83. The number of nitrogens with zero attached hydrogens (tertiary/aromatic N) is 1. The summed E-state index contributed by atoms with van der Waals surface area (Å²) in [7, 11) is 0. The third-order valence-corrected chi connectivity index (χ3v) is 1.44. The minimum atomic E-state index is 0.632. The van der Waals surface area contributed by atoms with E-state index in [9.17, 15) is 0 Å². The van der Waals surface area contributed by atoms with E-state index in [-0.39, 0.29) is 0 Å². The lowest BCUT2D eigenvalue weighted by Gasteiger charge is -2.18. The summed E-state index contributed by atoms with van der Waals surface area (Å²) in [6, 6.07) is 0. The molecule has 2 heterocycles. The highest BCUT2D eigenvalue weighted by Crippen LogP contribution is 2.10. The molecule has 0 spiro atoms. The molecule has 0 aromatic heterocycles. The van der Waals surface area contributed by atoms with Crippen LogP contribution >= 0.6 is 0 Å². The summed E-state index contributed by atoms with van der Waals surface area (Å²) in [5.41, 5.74) is 1.04. The molecule has 0 bridgehead atoms. The van der Waals surface area contributed by atoms with Crippen molar-refractivity contribution in [2.75, 3.05) is 13.3 Å². The molecule has 0 aromatic rings. The molecule has 0 radical (unpaired) electrons. The molecule has 0 unspecified atom stereocenters. The summed E-state index contributed by atoms with van der Waals surface area (Å²) in [5, 5.41) is 3.03. The molecule has 0 amide bonds. The fourth-order valence-corrected chi connectivity index (χ4v) is 0.982. The third kappa shape index (κ3) is 0.795. The van der Waals surface area contributed by atoms with Gasteiger partial charge in [-0.1, -0.05) is 0 Å². The second kappa shape index (κ2) is 2.17. The summed E-state index contributed by atoms with van der Waals surface area (Å²) >= 11 is 0. The lowest BCUT2D eigenvalue weighted by molar-refractivity contribution is 0.216. The second-order valence-corrected chi connectivity index (χ2v) is 2.14. The molecule has 0 atom stereocenters. The van der Waals surface area contributed by atoms with Gasteiger partial charge in [-0.2, -0.15) is 0 Å². The topological polar surface area (TPSA) is 33.6 Å². The molecule has 2 aliphatic rings. The van der Waals surface area contributed by atoms with Crippen molar-refractivity contribution in [1.82, 2.24) is 5.32 Å². The molecule has 0 saturated heterocycles. The predicted octanol–water partition coefficient (Wildman–Crippen LogP) is 0.416. The molecule has 3 nitrogen and oxygen atoms in total. The quantitative estimate of drug-likeness (QED) is 0.523. The molecule has 0 fully saturated rings. The van der Waals surface area contributed by atoms with Crippen molar-refractivity contribution in [2.24, 2.45) is 4.99 Å². The van der Waals surface area contributed by atoms with Crippen LogP contribution in [0.15, 0.2) is 28.6 Å². The van der Waals surface area contributed by atoms with Crippen LogP contribution in [0, 0.1) is 0 Å². The molecule has 0 aliphatic carbocycles. The Morgan fingerprint density at radius 1 is 1.60 bits per heavy atom. The average Bonchev–Trinajstić information content (AvgIpc) is 2.05. The fraction of sp³-hybridized carbons (Fsp3) is 0.286. The molecule has 1 N–H and O–H groups in total. The highest BCUT2D eigenvalue weighted by atomic mass is 16.5. The summed E-state index contributed by atoms with van der Waals surface area (Å²) in [4.78, 5) is 4.04. The van der Waals surface area contributed by atoms with Crippen molar-refractivity contribution in [1.29, 1.82) is 0 Å². The standard InChI is InChI=1S/C7H8N2O/c1-2-6-4-8-5-9-7(6)10-3-1/h1-2,4,9H,3,5H2. The van der Waals surface area contributed by atoms with Gasteiger partial charge in [0.15, 0.2) is 5.88 Å². The summed E-state index contributed by atoms with van der Waals surface area (Å²) < 4.78 is 5.27. The monoisotopic (exact) mass is 136 g/mol. The van der Waals surface area contributed by atoms with Gasteiger partial charge in [0.25, 0.3) is 0 Å². The molecular formula is C7H8N2O. The summed E-state index contributed by atoms with van der Waals surface area (Å²) in [6.45, 7) is 1.30. The van der Waals surface area contributed by atoms with Crippen LogP contribution in [-0.2, 0) is 4.74 Å². The van der Waals surface area contributed by atoms with Crippen molar-refractivity contribution >= 4 is 6.21 Å². The largest absolute Gasteiger partial charge is 0.474 e. The maximum Gasteiger partial charge on any atom is 0.197 e. The van der Waals surface area contributed by atoms with Crippen molar-refractivity contribution in [3.05, 3.63) is 23.6 Å². The van der Waals surface area contributed by atoms with Crippen molar-refractivity contribution in [2.45, 2.75) is 0 Å².